The molecule has 1 unspecified atom stereocenters. The van der Waals surface area contributed by atoms with Gasteiger partial charge in [0.1, 0.15) is 5.66 Å². The normalized spacial score (nSPS) is 23.1. The molecule has 1 atom stereocenters. The molecule has 1 aromatic rings. The zero-order valence-electron chi connectivity index (χ0n) is 9.76. The van der Waals surface area contributed by atoms with E-state index in [1.807, 2.05) is 12.1 Å². The number of nitrogens with zero attached hydrogens (tertiary/aromatic N) is 1. The topological polar surface area (TPSA) is 41.3 Å². The molecule has 4 heteroatoms. The Kier molecular flexibility index (Phi) is 3.00. The van der Waals surface area contributed by atoms with E-state index in [9.17, 15) is 0 Å². The summed E-state index contributed by atoms with van der Waals surface area (Å²) >= 11 is 6.00. The van der Waals surface area contributed by atoms with Crippen LogP contribution in [-0.4, -0.2) is 18.8 Å². The van der Waals surface area contributed by atoms with Gasteiger partial charge in [-0.15, -0.1) is 0 Å². The molecule has 0 saturated heterocycles. The van der Waals surface area contributed by atoms with Crippen molar-refractivity contribution in [1.29, 1.82) is 0 Å². The van der Waals surface area contributed by atoms with Crippen LogP contribution in [0.5, 0.6) is 0 Å². The molecule has 1 aliphatic rings. The van der Waals surface area contributed by atoms with Gasteiger partial charge >= 0.3 is 0 Å². The highest BCUT2D eigenvalue weighted by Gasteiger charge is 2.37. The van der Waals surface area contributed by atoms with Gasteiger partial charge in [-0.05, 0) is 31.5 Å². The van der Waals surface area contributed by atoms with Gasteiger partial charge in [0.2, 0.25) is 0 Å². The van der Waals surface area contributed by atoms with E-state index < -0.39 is 0 Å². The monoisotopic (exact) mass is 239 g/mol. The molecule has 1 heterocycles. The van der Waals surface area contributed by atoms with Gasteiger partial charge in [-0.3, -0.25) is 0 Å². The summed E-state index contributed by atoms with van der Waals surface area (Å²) in [5.41, 5.74) is 7.92. The minimum absolute atomic E-state index is 0.0492. The highest BCUT2D eigenvalue weighted by molar-refractivity contribution is 6.31. The van der Waals surface area contributed by atoms with Crippen molar-refractivity contribution in [3.63, 3.8) is 0 Å². The van der Waals surface area contributed by atoms with Gasteiger partial charge in [0.15, 0.2) is 0 Å². The van der Waals surface area contributed by atoms with Gasteiger partial charge in [0.25, 0.3) is 0 Å². The fourth-order valence-corrected chi connectivity index (χ4v) is 2.41. The second kappa shape index (κ2) is 4.15. The Balaban J connectivity index is 2.41. The highest BCUT2D eigenvalue weighted by Crippen LogP contribution is 2.42. The summed E-state index contributed by atoms with van der Waals surface area (Å²) in [7, 11) is 0. The molecule has 0 aliphatic carbocycles. The summed E-state index contributed by atoms with van der Waals surface area (Å²) in [4.78, 5) is 2.32. The molecule has 88 valence electrons. The molecule has 3 nitrogen and oxygen atoms in total. The zero-order chi connectivity index (χ0) is 11.8. The summed E-state index contributed by atoms with van der Waals surface area (Å²) in [5, 5.41) is 4.29. The second-order valence-electron chi connectivity index (χ2n) is 4.35. The maximum Gasteiger partial charge on any atom is 0.107 e. The third-order valence-corrected chi connectivity index (χ3v) is 3.53. The summed E-state index contributed by atoms with van der Waals surface area (Å²) in [6, 6.07) is 5.95. The van der Waals surface area contributed by atoms with E-state index in [0.717, 1.165) is 23.7 Å². The summed E-state index contributed by atoms with van der Waals surface area (Å²) in [6.07, 6.45) is 1.01. The number of fused-ring (bicyclic) bond motifs is 1. The van der Waals surface area contributed by atoms with Gasteiger partial charge in [0.05, 0.1) is 11.4 Å². The summed E-state index contributed by atoms with van der Waals surface area (Å²) in [5.74, 6) is 0. The Morgan fingerprint density at radius 3 is 2.88 bits per heavy atom. The first kappa shape index (κ1) is 11.6. The smallest absolute Gasteiger partial charge is 0.107 e. The molecule has 3 N–H and O–H groups in total. The van der Waals surface area contributed by atoms with E-state index in [1.165, 1.54) is 5.69 Å². The Hall–Kier alpha value is -0.930. The molecule has 0 aromatic heterocycles. The first-order chi connectivity index (χ1) is 7.60. The van der Waals surface area contributed by atoms with Gasteiger partial charge < -0.3 is 16.0 Å². The van der Waals surface area contributed by atoms with Crippen molar-refractivity contribution >= 4 is 23.0 Å². The van der Waals surface area contributed by atoms with Gasteiger partial charge in [-0.25, -0.2) is 0 Å². The van der Waals surface area contributed by atoms with Gasteiger partial charge in [-0.1, -0.05) is 18.5 Å². The lowest BCUT2D eigenvalue weighted by Gasteiger charge is -2.36. The Morgan fingerprint density at radius 2 is 2.25 bits per heavy atom. The minimum atomic E-state index is -0.0492. The molecule has 0 radical (unpaired) electrons. The summed E-state index contributed by atoms with van der Waals surface area (Å²) in [6.45, 7) is 5.87. The van der Waals surface area contributed by atoms with Gasteiger partial charge in [-0.2, -0.15) is 0 Å². The zero-order valence-corrected chi connectivity index (χ0v) is 10.5. The number of nitrogens with two attached hydrogens (primary N) is 1. The molecule has 0 fully saturated rings. The fraction of sp³-hybridized carbons (Fsp3) is 0.500. The first-order valence-electron chi connectivity index (χ1n) is 5.66. The average Bonchev–Trinajstić information content (AvgIpc) is 2.53. The molecule has 0 amide bonds. The SMILES string of the molecule is CCC1(C)Nc2cc(Cl)ccc2N1CCN. The number of nitrogens with one attached hydrogen (secondary N) is 1. The van der Waals surface area contributed by atoms with Crippen molar-refractivity contribution in [2.75, 3.05) is 23.3 Å². The van der Waals surface area contributed by atoms with Crippen LogP contribution in [0, 0.1) is 0 Å². The van der Waals surface area contributed by atoms with E-state index in [1.54, 1.807) is 0 Å². The number of anilines is 2. The van der Waals surface area contributed by atoms with Crippen LogP contribution in [-0.2, 0) is 0 Å². The van der Waals surface area contributed by atoms with E-state index in [4.69, 9.17) is 17.3 Å². The number of rotatable bonds is 3. The molecular weight excluding hydrogens is 222 g/mol. The molecule has 0 saturated carbocycles. The molecule has 0 bridgehead atoms. The second-order valence-corrected chi connectivity index (χ2v) is 4.79. The van der Waals surface area contributed by atoms with Crippen LogP contribution in [0.15, 0.2) is 18.2 Å². The van der Waals surface area contributed by atoms with E-state index in [2.05, 4.69) is 30.1 Å². The predicted molar refractivity (Wildman–Crippen MR) is 70.2 cm³/mol. The van der Waals surface area contributed by atoms with Crippen LogP contribution < -0.4 is 16.0 Å². The van der Waals surface area contributed by atoms with Crippen molar-refractivity contribution in [2.45, 2.75) is 25.9 Å². The third kappa shape index (κ3) is 1.74. The van der Waals surface area contributed by atoms with Crippen LogP contribution in [0.3, 0.4) is 0 Å². The lowest BCUT2D eigenvalue weighted by Crippen LogP contribution is -2.49. The van der Waals surface area contributed by atoms with Crippen molar-refractivity contribution in [3.05, 3.63) is 23.2 Å². The van der Waals surface area contributed by atoms with Crippen molar-refractivity contribution in [2.24, 2.45) is 5.73 Å². The third-order valence-electron chi connectivity index (χ3n) is 3.29. The van der Waals surface area contributed by atoms with Crippen molar-refractivity contribution in [3.8, 4) is 0 Å². The average molecular weight is 240 g/mol. The lowest BCUT2D eigenvalue weighted by atomic mass is 10.1. The Bertz CT molecular complexity index is 394. The molecular formula is C12H18ClN3. The predicted octanol–water partition coefficient (Wildman–Crippen LogP) is 2.66. The maximum absolute atomic E-state index is 6.00. The molecule has 1 aliphatic heterocycles. The maximum atomic E-state index is 6.00. The van der Waals surface area contributed by atoms with Crippen LogP contribution in [0.2, 0.25) is 5.02 Å². The standard InChI is InChI=1S/C12H18ClN3/c1-3-12(2)15-10-8-9(13)4-5-11(10)16(12)7-6-14/h4-5,8,15H,3,6-7,14H2,1-2H3. The molecule has 0 spiro atoms. The first-order valence-corrected chi connectivity index (χ1v) is 6.04. The molecule has 2 rings (SSSR count). The van der Waals surface area contributed by atoms with E-state index in [-0.39, 0.29) is 5.66 Å². The number of hydrogen-bond acceptors (Lipinski definition) is 3. The van der Waals surface area contributed by atoms with Crippen LogP contribution in [0.25, 0.3) is 0 Å². The van der Waals surface area contributed by atoms with Crippen LogP contribution in [0.1, 0.15) is 20.3 Å². The van der Waals surface area contributed by atoms with Crippen LogP contribution in [0.4, 0.5) is 11.4 Å². The quantitative estimate of drug-likeness (QED) is 0.852. The lowest BCUT2D eigenvalue weighted by molar-refractivity contribution is 0.480. The molecule has 16 heavy (non-hydrogen) atoms. The van der Waals surface area contributed by atoms with Crippen molar-refractivity contribution < 1.29 is 0 Å². The van der Waals surface area contributed by atoms with Crippen molar-refractivity contribution in [1.82, 2.24) is 0 Å². The fourth-order valence-electron chi connectivity index (χ4n) is 2.24. The van der Waals surface area contributed by atoms with Crippen LogP contribution >= 0.6 is 11.6 Å². The van der Waals surface area contributed by atoms with E-state index >= 15 is 0 Å². The number of benzene rings is 1. The minimum Gasteiger partial charge on any atom is -0.361 e. The molecule has 1 aromatic carbocycles. The Labute approximate surface area is 102 Å². The Morgan fingerprint density at radius 1 is 1.50 bits per heavy atom. The van der Waals surface area contributed by atoms with E-state index in [0.29, 0.717) is 6.54 Å². The van der Waals surface area contributed by atoms with Gasteiger partial charge in [0, 0.05) is 18.1 Å². The number of hydrogen-bond donors (Lipinski definition) is 2. The largest absolute Gasteiger partial charge is 0.361 e. The highest BCUT2D eigenvalue weighted by atomic mass is 35.5. The summed E-state index contributed by atoms with van der Waals surface area (Å²) < 4.78 is 0. The number of halogens is 1.